The van der Waals surface area contributed by atoms with Crippen molar-refractivity contribution in [3.63, 3.8) is 0 Å². The molecule has 0 bridgehead atoms. The molecule has 4 aromatic carbocycles. The maximum Gasteiger partial charge on any atom is 0.412 e. The summed E-state index contributed by atoms with van der Waals surface area (Å²) in [6.07, 6.45) is 8.18. The summed E-state index contributed by atoms with van der Waals surface area (Å²) < 4.78 is 16.0. The van der Waals surface area contributed by atoms with Gasteiger partial charge in [-0.1, -0.05) is 96.0 Å². The molecule has 0 radical (unpaired) electrons. The summed E-state index contributed by atoms with van der Waals surface area (Å²) in [5, 5.41) is 25.6. The number of likely N-dealkylation sites (N-methyl/N-ethyl adjacent to an activating group) is 2. The van der Waals surface area contributed by atoms with Gasteiger partial charge in [0.25, 0.3) is 11.5 Å². The highest BCUT2D eigenvalue weighted by Gasteiger charge is 2.42. The summed E-state index contributed by atoms with van der Waals surface area (Å²) in [5.41, 5.74) is 14.9. The molecular formula is C81H79ClN18O9S. The van der Waals surface area contributed by atoms with Gasteiger partial charge in [-0.3, -0.25) is 33.7 Å². The Morgan fingerprint density at radius 1 is 0.745 bits per heavy atom. The van der Waals surface area contributed by atoms with Crippen molar-refractivity contribution in [1.29, 1.82) is 5.26 Å². The van der Waals surface area contributed by atoms with Crippen molar-refractivity contribution in [2.24, 2.45) is 0 Å². The lowest BCUT2D eigenvalue weighted by Crippen LogP contribution is -2.48. The number of benzene rings is 4. The first-order chi connectivity index (χ1) is 53.1. The van der Waals surface area contributed by atoms with Gasteiger partial charge in [-0.2, -0.15) is 20.6 Å². The van der Waals surface area contributed by atoms with E-state index in [1.807, 2.05) is 122 Å². The van der Waals surface area contributed by atoms with Crippen LogP contribution in [0.25, 0.3) is 50.7 Å². The monoisotopic (exact) mass is 1510 g/mol. The van der Waals surface area contributed by atoms with Crippen LogP contribution in [0, 0.1) is 25.2 Å². The van der Waals surface area contributed by atoms with E-state index in [1.165, 1.54) is 41.1 Å². The van der Waals surface area contributed by atoms with E-state index >= 15 is 0 Å². The molecule has 1 fully saturated rings. The molecule has 0 aliphatic carbocycles. The molecule has 0 saturated carbocycles. The average Bonchev–Trinajstić information content (AvgIpc) is 1.62. The first-order valence-corrected chi connectivity index (χ1v) is 36.6. The Kier molecular flexibility index (Phi) is 24.0. The molecule has 2 N–H and O–H groups in total. The van der Waals surface area contributed by atoms with Crippen molar-refractivity contribution in [1.82, 2.24) is 68.7 Å². The molecule has 13 aromatic rings. The van der Waals surface area contributed by atoms with Gasteiger partial charge in [-0.25, -0.2) is 33.8 Å². The standard InChI is InChI=1S/C20H16N4O2S.C19H19ClN4O3.C19H21N3O.C17H15N5O.C6H8N2O2/c1-13(25)23(2)15-6-3-5-14(11-15)17-8-9-21-19-12-16(22-24(17)19)20(26)18-7-4-10-27-18;1-22-8-10-23(11-9-22)19(26)27-18-15-5-3-2-4-14(15)17(25)24(18)16-7-6-13(20)12-21-16;1-13-5-8-15(9-6-13)19-16(11-18(23)21(3)4)22-12-14(2)7-10-17(22)20-19;1-3-21(12(2)23)15-6-4-5-13(9-15)16-7-8-19-17-14(10-18)11-20-22(16)17;9-6-4-1-2-7-3-5(4)10-8-6/h3-12H,1-2H3;2-7,12,18H,8-11H2,1H3;5-10,12H,11H2,1-4H3;4-9,11H,3H2,1-2H3;7H,1-3H2,(H,8,9)/t;18-;;;/m.0.../s1. The number of nitrogens with zero attached hydrogens (tertiary/aromatic N) is 16. The second-order valence-electron chi connectivity index (χ2n) is 26.3. The second kappa shape index (κ2) is 34.4. The third-order valence-electron chi connectivity index (χ3n) is 18.6. The second-order valence-corrected chi connectivity index (χ2v) is 27.7. The fourth-order valence-electron chi connectivity index (χ4n) is 12.5. The van der Waals surface area contributed by atoms with Gasteiger partial charge in [-0.15, -0.1) is 11.3 Å². The number of ether oxygens (including phenoxy) is 1. The minimum atomic E-state index is -0.852. The Morgan fingerprint density at radius 2 is 1.45 bits per heavy atom. The zero-order chi connectivity index (χ0) is 77.9. The number of hydrogen-bond donors (Lipinski definition) is 2. The van der Waals surface area contributed by atoms with E-state index in [-0.39, 0.29) is 35.0 Å². The number of carbonyl (C=O) groups excluding carboxylic acids is 6. The Bertz CT molecular complexity index is 5640. The number of thiophene rings is 1. The smallest absolute Gasteiger partial charge is 0.412 e. The van der Waals surface area contributed by atoms with Crippen LogP contribution >= 0.6 is 22.9 Å². The normalized spacial score (nSPS) is 13.6. The molecule has 1 atom stereocenters. The minimum Gasteiger partial charge on any atom is -0.420 e. The van der Waals surface area contributed by atoms with E-state index in [0.717, 1.165) is 99.4 Å². The van der Waals surface area contributed by atoms with E-state index in [4.69, 9.17) is 31.1 Å². The lowest BCUT2D eigenvalue weighted by Gasteiger charge is -2.33. The van der Waals surface area contributed by atoms with Crippen molar-refractivity contribution in [3.8, 4) is 39.8 Å². The van der Waals surface area contributed by atoms with Gasteiger partial charge in [0.1, 0.15) is 28.8 Å². The molecule has 0 unspecified atom stereocenters. The Morgan fingerprint density at radius 3 is 2.13 bits per heavy atom. The van der Waals surface area contributed by atoms with Crippen molar-refractivity contribution in [2.45, 2.75) is 60.2 Å². The molecule has 5 amide bonds. The molecule has 3 aliphatic heterocycles. The molecule has 0 spiro atoms. The number of pyridine rings is 2. The average molecular weight is 1520 g/mol. The molecule has 110 heavy (non-hydrogen) atoms. The first-order valence-electron chi connectivity index (χ1n) is 35.3. The van der Waals surface area contributed by atoms with E-state index < -0.39 is 12.3 Å². The number of aromatic amines is 1. The number of ketones is 1. The maximum atomic E-state index is 12.9. The summed E-state index contributed by atoms with van der Waals surface area (Å²) in [4.78, 5) is 113. The van der Waals surface area contributed by atoms with Crippen molar-refractivity contribution in [2.75, 3.05) is 82.2 Å². The Labute approximate surface area is 642 Å². The number of halogens is 1. The van der Waals surface area contributed by atoms with Crippen LogP contribution in [0.15, 0.2) is 197 Å². The summed E-state index contributed by atoms with van der Waals surface area (Å²) in [6.45, 7) is 14.0. The van der Waals surface area contributed by atoms with Gasteiger partial charge < -0.3 is 43.5 Å². The number of carbonyl (C=O) groups is 6. The summed E-state index contributed by atoms with van der Waals surface area (Å²) in [7, 11) is 7.31. The number of hydrogen-bond acceptors (Lipinski definition) is 19. The fourth-order valence-corrected chi connectivity index (χ4v) is 13.3. The minimum absolute atomic E-state index is 0.00428. The third kappa shape index (κ3) is 17.3. The number of nitrogens with one attached hydrogen (secondary N) is 2. The van der Waals surface area contributed by atoms with Gasteiger partial charge in [0.2, 0.25) is 29.7 Å². The highest BCUT2D eigenvalue weighted by atomic mass is 35.5. The number of aryl methyl sites for hydroxylation is 2. The highest BCUT2D eigenvalue weighted by Crippen LogP contribution is 2.39. The van der Waals surface area contributed by atoms with Gasteiger partial charge in [0.15, 0.2) is 17.1 Å². The van der Waals surface area contributed by atoms with Crippen LogP contribution in [-0.4, -0.2) is 166 Å². The Balaban J connectivity index is 0.000000131. The number of nitriles is 1. The molecule has 27 nitrogen and oxygen atoms in total. The van der Waals surface area contributed by atoms with Crippen LogP contribution in [-0.2, 0) is 38.5 Å². The van der Waals surface area contributed by atoms with Crippen molar-refractivity contribution >= 4 is 92.6 Å². The fraction of sp³-hybridized carbons (Fsp3) is 0.235. The topological polar surface area (TPSA) is 303 Å². The molecule has 9 aromatic heterocycles. The number of rotatable bonds is 12. The lowest BCUT2D eigenvalue weighted by molar-refractivity contribution is -0.128. The van der Waals surface area contributed by atoms with Crippen LogP contribution in [0.1, 0.15) is 92.0 Å². The molecular weight excluding hydrogens is 1440 g/mol. The van der Waals surface area contributed by atoms with Crippen LogP contribution < -0.4 is 25.6 Å². The van der Waals surface area contributed by atoms with Crippen molar-refractivity contribution < 1.29 is 38.0 Å². The third-order valence-corrected chi connectivity index (χ3v) is 19.7. The Hall–Kier alpha value is -12.8. The number of imidazole rings is 1. The van der Waals surface area contributed by atoms with Crippen LogP contribution in [0.3, 0.4) is 0 Å². The van der Waals surface area contributed by atoms with Gasteiger partial charge in [0.05, 0.1) is 57.4 Å². The summed E-state index contributed by atoms with van der Waals surface area (Å²) >= 11 is 7.30. The zero-order valence-electron chi connectivity index (χ0n) is 62.0. The van der Waals surface area contributed by atoms with E-state index in [2.05, 4.69) is 77.8 Å². The van der Waals surface area contributed by atoms with Crippen LogP contribution in [0.5, 0.6) is 0 Å². The maximum absolute atomic E-state index is 12.9. The van der Waals surface area contributed by atoms with Crippen LogP contribution in [0.2, 0.25) is 5.02 Å². The van der Waals surface area contributed by atoms with E-state index in [0.29, 0.717) is 82.0 Å². The SMILES string of the molecule is CC(=O)N(C)c1cccc(-c2ccnc3cc(C(=O)c4cccs4)nn23)c1.CCN(C(C)=O)c1cccc(-c2ccnc3c(C#N)cnn23)c1.CN1CCN(C(=O)O[C@H]2c3ccccc3C(=O)N2c2ccc(Cl)cn2)CC1.Cc1ccc(-c2nc3ccc(C)cn3c2CC(=O)N(C)C)cc1.O=c1[nH]oc2c1CCNC2. The number of amides is 5. The molecule has 560 valence electrons. The van der Waals surface area contributed by atoms with Gasteiger partial charge in [-0.05, 0) is 118 Å². The number of aromatic nitrogens is 10. The number of anilines is 3. The largest absolute Gasteiger partial charge is 0.420 e. The highest BCUT2D eigenvalue weighted by molar-refractivity contribution is 7.12. The lowest BCUT2D eigenvalue weighted by atomic mass is 10.1. The first kappa shape index (κ1) is 76.8. The zero-order valence-corrected chi connectivity index (χ0v) is 63.5. The van der Waals surface area contributed by atoms with Gasteiger partial charge in [0, 0.05) is 138 Å². The summed E-state index contributed by atoms with van der Waals surface area (Å²) in [6, 6.07) is 49.1. The molecule has 12 heterocycles. The van der Waals surface area contributed by atoms with Crippen LogP contribution in [0.4, 0.5) is 22.0 Å². The number of H-pyrrole nitrogens is 1. The van der Waals surface area contributed by atoms with Gasteiger partial charge >= 0.3 is 6.09 Å². The number of piperazine rings is 1. The molecule has 16 rings (SSSR count). The van der Waals surface area contributed by atoms with E-state index in [1.54, 1.807) is 112 Å². The number of fused-ring (bicyclic) bond motifs is 5. The molecule has 1 saturated heterocycles. The van der Waals surface area contributed by atoms with E-state index in [9.17, 15) is 33.6 Å². The predicted octanol–water partition coefficient (Wildman–Crippen LogP) is 12.0. The molecule has 3 aliphatic rings. The molecule has 29 heteroatoms. The van der Waals surface area contributed by atoms with Crippen molar-refractivity contribution in [3.05, 3.63) is 259 Å². The summed E-state index contributed by atoms with van der Waals surface area (Å²) in [5.74, 6) is 0.795. The predicted molar refractivity (Wildman–Crippen MR) is 420 cm³/mol. The quantitative estimate of drug-likeness (QED) is 0.107.